The highest BCUT2D eigenvalue weighted by Crippen LogP contribution is 2.44. The molecule has 1 heterocycles. The molecule has 5 rings (SSSR count). The van der Waals surface area contributed by atoms with Gasteiger partial charge in [0, 0.05) is 36.3 Å². The van der Waals surface area contributed by atoms with E-state index in [1.54, 1.807) is 7.11 Å². The monoisotopic (exact) mass is 573 g/mol. The smallest absolute Gasteiger partial charge is 0.230 e. The van der Waals surface area contributed by atoms with E-state index in [2.05, 4.69) is 55.7 Å². The van der Waals surface area contributed by atoms with Gasteiger partial charge in [-0.15, -0.1) is 11.3 Å². The Morgan fingerprint density at radius 2 is 1.76 bits per heavy atom. The van der Waals surface area contributed by atoms with E-state index in [0.29, 0.717) is 17.8 Å². The lowest BCUT2D eigenvalue weighted by Crippen LogP contribution is -2.42. The molecule has 1 amide bonds. The van der Waals surface area contributed by atoms with Crippen molar-refractivity contribution in [3.05, 3.63) is 71.1 Å². The Bertz CT molecular complexity index is 1270. The summed E-state index contributed by atoms with van der Waals surface area (Å²) in [6, 6.07) is 8.83. The number of benzene rings is 1. The number of rotatable bonds is 10. The SMILES string of the molecule is C=C(/C=C\C(OC)=C(C)C)C1CCC(CN(C(=O)C2CCC(N)CC2)c2cccc(-c3cnc(C4CC4)s3)c2)CC1. The number of nitrogens with two attached hydrogens (primary N) is 1. The van der Waals surface area contributed by atoms with Crippen LogP contribution in [0.2, 0.25) is 0 Å². The predicted molar refractivity (Wildman–Crippen MR) is 171 cm³/mol. The summed E-state index contributed by atoms with van der Waals surface area (Å²) in [4.78, 5) is 22.1. The maximum atomic E-state index is 14.1. The summed E-state index contributed by atoms with van der Waals surface area (Å²) in [6.45, 7) is 9.28. The van der Waals surface area contributed by atoms with Gasteiger partial charge in [0.15, 0.2) is 0 Å². The van der Waals surface area contributed by atoms with Crippen molar-refractivity contribution < 1.29 is 9.53 Å². The minimum Gasteiger partial charge on any atom is -0.497 e. The van der Waals surface area contributed by atoms with Gasteiger partial charge in [-0.1, -0.05) is 30.4 Å². The van der Waals surface area contributed by atoms with Crippen LogP contribution in [0, 0.1) is 17.8 Å². The topological polar surface area (TPSA) is 68.5 Å². The first-order valence-corrected chi connectivity index (χ1v) is 16.4. The first-order valence-electron chi connectivity index (χ1n) is 15.5. The predicted octanol–water partition coefficient (Wildman–Crippen LogP) is 8.40. The number of anilines is 1. The van der Waals surface area contributed by atoms with Crippen LogP contribution in [0.25, 0.3) is 10.4 Å². The molecule has 5 nitrogen and oxygen atoms in total. The molecule has 41 heavy (non-hydrogen) atoms. The number of amides is 1. The van der Waals surface area contributed by atoms with E-state index in [1.807, 2.05) is 23.6 Å². The maximum Gasteiger partial charge on any atom is 0.230 e. The molecule has 1 aromatic carbocycles. The molecule has 2 N–H and O–H groups in total. The van der Waals surface area contributed by atoms with E-state index >= 15 is 0 Å². The third-order valence-corrected chi connectivity index (χ3v) is 10.5. The Balaban J connectivity index is 1.29. The van der Waals surface area contributed by atoms with E-state index in [0.717, 1.165) is 80.5 Å². The van der Waals surface area contributed by atoms with Gasteiger partial charge in [0.2, 0.25) is 5.91 Å². The molecule has 0 unspecified atom stereocenters. The average molecular weight is 574 g/mol. The Kier molecular flexibility index (Phi) is 9.82. The highest BCUT2D eigenvalue weighted by molar-refractivity contribution is 7.15. The van der Waals surface area contributed by atoms with Gasteiger partial charge in [-0.05, 0) is 119 Å². The van der Waals surface area contributed by atoms with Crippen LogP contribution in [0.1, 0.15) is 89.0 Å². The van der Waals surface area contributed by atoms with Gasteiger partial charge in [-0.25, -0.2) is 4.98 Å². The summed E-state index contributed by atoms with van der Waals surface area (Å²) in [5, 5.41) is 1.25. The van der Waals surface area contributed by atoms with Gasteiger partial charge in [0.05, 0.1) is 17.0 Å². The normalized spacial score (nSPS) is 24.7. The number of allylic oxidation sites excluding steroid dienone is 4. The van der Waals surface area contributed by atoms with Crippen LogP contribution in [0.5, 0.6) is 0 Å². The molecule has 0 spiro atoms. The van der Waals surface area contributed by atoms with Crippen LogP contribution in [-0.2, 0) is 9.53 Å². The van der Waals surface area contributed by atoms with Gasteiger partial charge in [0.1, 0.15) is 5.76 Å². The van der Waals surface area contributed by atoms with Crippen LogP contribution in [-0.4, -0.2) is 30.6 Å². The molecular weight excluding hydrogens is 526 g/mol. The summed E-state index contributed by atoms with van der Waals surface area (Å²) in [6.07, 6.45) is 16.8. The number of carbonyl (C=O) groups is 1. The Hall–Kier alpha value is -2.70. The Morgan fingerprint density at radius 3 is 2.41 bits per heavy atom. The molecule has 0 bridgehead atoms. The van der Waals surface area contributed by atoms with Crippen molar-refractivity contribution in [3.8, 4) is 10.4 Å². The molecule has 0 atom stereocenters. The number of nitrogens with zero attached hydrogens (tertiary/aromatic N) is 2. The second kappa shape index (κ2) is 13.5. The van der Waals surface area contributed by atoms with Crippen LogP contribution in [0.15, 0.2) is 66.1 Å². The van der Waals surface area contributed by atoms with Gasteiger partial charge in [-0.3, -0.25) is 4.79 Å². The molecule has 0 radical (unpaired) electrons. The van der Waals surface area contributed by atoms with E-state index in [1.165, 1.54) is 28.3 Å². The van der Waals surface area contributed by atoms with Crippen molar-refractivity contribution in [2.24, 2.45) is 23.5 Å². The number of methoxy groups -OCH3 is 1. The van der Waals surface area contributed by atoms with Crippen LogP contribution < -0.4 is 10.6 Å². The molecule has 6 heteroatoms. The summed E-state index contributed by atoms with van der Waals surface area (Å²) < 4.78 is 5.49. The highest BCUT2D eigenvalue weighted by atomic mass is 32.1. The summed E-state index contributed by atoms with van der Waals surface area (Å²) >= 11 is 1.81. The number of thiazole rings is 1. The minimum atomic E-state index is 0.0645. The van der Waals surface area contributed by atoms with Crippen LogP contribution in [0.4, 0.5) is 5.69 Å². The van der Waals surface area contributed by atoms with Crippen molar-refractivity contribution in [3.63, 3.8) is 0 Å². The summed E-state index contributed by atoms with van der Waals surface area (Å²) in [7, 11) is 1.72. The number of aromatic nitrogens is 1. The lowest BCUT2D eigenvalue weighted by atomic mass is 9.78. The molecule has 3 fully saturated rings. The molecule has 220 valence electrons. The van der Waals surface area contributed by atoms with Crippen molar-refractivity contribution in [1.29, 1.82) is 0 Å². The Labute approximate surface area is 250 Å². The van der Waals surface area contributed by atoms with Crippen molar-refractivity contribution in [1.82, 2.24) is 4.98 Å². The fraction of sp³-hybridized carbons (Fsp3) is 0.543. The number of carbonyl (C=O) groups excluding carboxylic acids is 1. The Morgan fingerprint density at radius 1 is 1.05 bits per heavy atom. The third kappa shape index (κ3) is 7.58. The maximum absolute atomic E-state index is 14.1. The second-order valence-electron chi connectivity index (χ2n) is 12.6. The molecule has 3 saturated carbocycles. The first kappa shape index (κ1) is 29.8. The zero-order valence-corrected chi connectivity index (χ0v) is 25.9. The third-order valence-electron chi connectivity index (χ3n) is 9.25. The molecule has 2 aromatic rings. The fourth-order valence-corrected chi connectivity index (χ4v) is 7.49. The van der Waals surface area contributed by atoms with Crippen LogP contribution >= 0.6 is 11.3 Å². The quantitative estimate of drug-likeness (QED) is 0.229. The molecule has 0 saturated heterocycles. The summed E-state index contributed by atoms with van der Waals surface area (Å²) in [5.74, 6) is 2.87. The largest absolute Gasteiger partial charge is 0.497 e. The van der Waals surface area contributed by atoms with E-state index in [-0.39, 0.29) is 17.9 Å². The lowest BCUT2D eigenvalue weighted by Gasteiger charge is -2.36. The summed E-state index contributed by atoms with van der Waals surface area (Å²) in [5.41, 5.74) is 10.7. The van der Waals surface area contributed by atoms with Crippen molar-refractivity contribution >= 4 is 22.9 Å². The molecule has 3 aliphatic rings. The molecule has 0 aliphatic heterocycles. The number of hydrogen-bond donors (Lipinski definition) is 1. The zero-order chi connectivity index (χ0) is 28.9. The lowest BCUT2D eigenvalue weighted by molar-refractivity contribution is -0.123. The van der Waals surface area contributed by atoms with Crippen LogP contribution in [0.3, 0.4) is 0 Å². The van der Waals surface area contributed by atoms with E-state index in [9.17, 15) is 4.79 Å². The zero-order valence-electron chi connectivity index (χ0n) is 25.1. The fourth-order valence-electron chi connectivity index (χ4n) is 6.41. The first-order chi connectivity index (χ1) is 19.8. The van der Waals surface area contributed by atoms with Gasteiger partial charge >= 0.3 is 0 Å². The van der Waals surface area contributed by atoms with E-state index in [4.69, 9.17) is 15.5 Å². The highest BCUT2D eigenvalue weighted by Gasteiger charge is 2.32. The van der Waals surface area contributed by atoms with Gasteiger partial charge < -0.3 is 15.4 Å². The minimum absolute atomic E-state index is 0.0645. The number of ether oxygens (including phenoxy) is 1. The molecular formula is C35H47N3O2S. The van der Waals surface area contributed by atoms with Gasteiger partial charge in [0.25, 0.3) is 0 Å². The van der Waals surface area contributed by atoms with Crippen molar-refractivity contribution in [2.45, 2.75) is 90.0 Å². The molecule has 3 aliphatic carbocycles. The van der Waals surface area contributed by atoms with E-state index < -0.39 is 0 Å². The number of hydrogen-bond acceptors (Lipinski definition) is 5. The molecule has 1 aromatic heterocycles. The standard InChI is InChI=1S/C35H47N3O2S/c1-23(2)32(40-4)19-8-24(3)26-11-9-25(10-12-26)22-38(35(39)28-15-17-30(36)18-16-28)31-7-5-6-29(20-31)33-21-37-34(41-33)27-13-14-27/h5-8,19-21,25-28,30H,3,9-18,22,36H2,1-2,4H3/b19-8-. The van der Waals surface area contributed by atoms with Gasteiger partial charge in [-0.2, -0.15) is 0 Å². The second-order valence-corrected chi connectivity index (χ2v) is 13.7. The van der Waals surface area contributed by atoms with Crippen molar-refractivity contribution in [2.75, 3.05) is 18.6 Å². The average Bonchev–Trinajstić information content (AvgIpc) is 3.72.